The van der Waals surface area contributed by atoms with Crippen LogP contribution in [0.5, 0.6) is 5.75 Å². The second-order valence-corrected chi connectivity index (χ2v) is 12.3. The number of hydrogen-bond donors (Lipinski definition) is 6. The van der Waals surface area contributed by atoms with Gasteiger partial charge in [0, 0.05) is 23.5 Å². The number of benzene rings is 1. The Bertz CT molecular complexity index is 1460. The molecule has 2 fully saturated rings. The van der Waals surface area contributed by atoms with E-state index in [0.29, 0.717) is 41.9 Å². The number of nitrogens with zero attached hydrogens (tertiary/aromatic N) is 2. The zero-order valence-electron chi connectivity index (χ0n) is 22.6. The van der Waals surface area contributed by atoms with Gasteiger partial charge in [0.2, 0.25) is 5.78 Å². The highest BCUT2D eigenvalue weighted by atomic mass is 19.1. The van der Waals surface area contributed by atoms with Gasteiger partial charge in [-0.25, -0.2) is 4.39 Å². The third-order valence-electron chi connectivity index (χ3n) is 9.91. The highest BCUT2D eigenvalue weighted by molar-refractivity contribution is 6.33. The number of amides is 1. The molecule has 3 aliphatic carbocycles. The maximum Gasteiger partial charge on any atom is 0.254 e. The topological polar surface area (TPSA) is 177 Å². The molecular formula is C28H34FN4O7+. The average molecular weight is 558 g/mol. The number of fused-ring (bicyclic) bond motifs is 4. The summed E-state index contributed by atoms with van der Waals surface area (Å²) >= 11 is 0. The van der Waals surface area contributed by atoms with Gasteiger partial charge in [0.15, 0.2) is 5.60 Å². The van der Waals surface area contributed by atoms with Gasteiger partial charge in [0.05, 0.1) is 48.7 Å². The van der Waals surface area contributed by atoms with Gasteiger partial charge in [-0.05, 0) is 32.9 Å². The molecule has 1 saturated carbocycles. The van der Waals surface area contributed by atoms with Gasteiger partial charge in [-0.3, -0.25) is 14.5 Å². The lowest BCUT2D eigenvalue weighted by molar-refractivity contribution is -0.950. The van der Waals surface area contributed by atoms with Crippen molar-refractivity contribution in [2.75, 3.05) is 34.4 Å². The number of phenolic OH excluding ortho intramolecular Hbond substituents is 1. The quantitative estimate of drug-likeness (QED) is 0.296. The van der Waals surface area contributed by atoms with Gasteiger partial charge in [-0.1, -0.05) is 0 Å². The van der Waals surface area contributed by atoms with Crippen molar-refractivity contribution in [2.45, 2.75) is 50.0 Å². The highest BCUT2D eigenvalue weighted by Crippen LogP contribution is 2.54. The molecule has 6 rings (SSSR count). The van der Waals surface area contributed by atoms with Gasteiger partial charge in [-0.2, -0.15) is 0 Å². The number of phenols is 1. The van der Waals surface area contributed by atoms with Crippen LogP contribution in [0.4, 0.5) is 4.39 Å². The lowest BCUT2D eigenvalue weighted by atomic mass is 9.56. The molecule has 0 bridgehead atoms. The lowest BCUT2D eigenvalue weighted by Gasteiger charge is -2.51. The largest absolute Gasteiger partial charge is 0.510 e. The number of carbonyl (C=O) groups is 2. The SMILES string of the molecule is CN(C)C1C(O)=C(C(N)=O)C(=N)C2(O)C(=O)C3=C(O)c4c(O)c5c(c(F)c4CC3CC12)C[N+](C)(C1CCOC1)C5. The smallest absolute Gasteiger partial charge is 0.254 e. The number of primary amides is 1. The molecule has 6 unspecified atom stereocenters. The van der Waals surface area contributed by atoms with Crippen LogP contribution in [0.2, 0.25) is 0 Å². The van der Waals surface area contributed by atoms with E-state index in [0.717, 1.165) is 6.42 Å². The molecule has 40 heavy (non-hydrogen) atoms. The second kappa shape index (κ2) is 8.59. The van der Waals surface area contributed by atoms with Crippen LogP contribution in [-0.4, -0.2) is 99.3 Å². The number of nitrogens with two attached hydrogens (primary N) is 1. The van der Waals surface area contributed by atoms with Crippen molar-refractivity contribution >= 4 is 23.2 Å². The molecule has 2 aliphatic heterocycles. The number of hydrogen-bond acceptors (Lipinski definition) is 9. The van der Waals surface area contributed by atoms with Crippen LogP contribution in [0.3, 0.4) is 0 Å². The monoisotopic (exact) mass is 557 g/mol. The molecule has 0 radical (unpaired) electrons. The number of ketones is 1. The van der Waals surface area contributed by atoms with Crippen molar-refractivity contribution in [3.63, 3.8) is 0 Å². The summed E-state index contributed by atoms with van der Waals surface area (Å²) in [4.78, 5) is 27.7. The maximum atomic E-state index is 16.2. The molecular weight excluding hydrogens is 523 g/mol. The highest BCUT2D eigenvalue weighted by Gasteiger charge is 2.63. The van der Waals surface area contributed by atoms with Crippen molar-refractivity contribution in [2.24, 2.45) is 17.6 Å². The van der Waals surface area contributed by atoms with Crippen LogP contribution in [0.1, 0.15) is 35.1 Å². The molecule has 5 aliphatic rings. The summed E-state index contributed by atoms with van der Waals surface area (Å²) in [6, 6.07) is -0.911. The lowest BCUT2D eigenvalue weighted by Crippen LogP contribution is -2.67. The van der Waals surface area contributed by atoms with Crippen LogP contribution < -0.4 is 5.73 Å². The number of carbonyl (C=O) groups excluding carboxylic acids is 2. The van der Waals surface area contributed by atoms with Crippen molar-refractivity contribution in [1.82, 2.24) is 4.90 Å². The van der Waals surface area contributed by atoms with Gasteiger partial charge < -0.3 is 40.8 Å². The molecule has 214 valence electrons. The molecule has 12 heteroatoms. The molecule has 11 nitrogen and oxygen atoms in total. The van der Waals surface area contributed by atoms with Crippen LogP contribution >= 0.6 is 0 Å². The van der Waals surface area contributed by atoms with Crippen molar-refractivity contribution < 1.29 is 43.6 Å². The Kier molecular flexibility index (Phi) is 5.77. The van der Waals surface area contributed by atoms with E-state index in [-0.39, 0.29) is 41.3 Å². The number of aromatic hydroxyl groups is 1. The molecule has 2 heterocycles. The molecule has 1 aromatic rings. The van der Waals surface area contributed by atoms with E-state index >= 15 is 4.39 Å². The fraction of sp³-hybridized carbons (Fsp3) is 0.536. The second-order valence-electron chi connectivity index (χ2n) is 12.3. The minimum absolute atomic E-state index is 0.00706. The normalized spacial score (nSPS) is 35.1. The molecule has 1 amide bonds. The number of Topliss-reactive ketones (excluding diaryl/α,β-unsaturated/α-hetero) is 1. The van der Waals surface area contributed by atoms with Gasteiger partial charge in [0.1, 0.15) is 47.8 Å². The van der Waals surface area contributed by atoms with E-state index in [2.05, 4.69) is 0 Å². The standard InChI is InChI=1S/C28H33FN4O7/c1-32(2)21-16-7-11-6-13-18(22(34)15-9-33(3,8-14(15)20(13)29)12-4-5-40-10-12)23(35)17(11)26(37)28(16,39)25(30)19(24(21)36)27(31)38/h11-12,16,21,39H,4-10H2,1-3H3,(H5-,30,31,34,35,36,37,38)/p+1. The summed E-state index contributed by atoms with van der Waals surface area (Å²) in [5.74, 6) is -6.02. The summed E-state index contributed by atoms with van der Waals surface area (Å²) in [5, 5.41) is 54.2. The first-order chi connectivity index (χ1) is 18.7. The van der Waals surface area contributed by atoms with E-state index < -0.39 is 63.8 Å². The molecule has 0 aromatic heterocycles. The van der Waals surface area contributed by atoms with E-state index in [1.165, 1.54) is 4.90 Å². The van der Waals surface area contributed by atoms with E-state index in [9.17, 15) is 30.0 Å². The van der Waals surface area contributed by atoms with Gasteiger partial charge in [-0.15, -0.1) is 0 Å². The van der Waals surface area contributed by atoms with Crippen molar-refractivity contribution in [3.8, 4) is 5.75 Å². The van der Waals surface area contributed by atoms with Gasteiger partial charge >= 0.3 is 0 Å². The number of likely N-dealkylation sites (N-methyl/N-ethyl adjacent to an activating group) is 2. The summed E-state index contributed by atoms with van der Waals surface area (Å²) in [6.07, 6.45) is 0.773. The van der Waals surface area contributed by atoms with E-state index in [1.807, 2.05) is 7.05 Å². The maximum absolute atomic E-state index is 16.2. The summed E-state index contributed by atoms with van der Waals surface area (Å²) in [6.45, 7) is 1.83. The molecule has 7 N–H and O–H groups in total. The first-order valence-corrected chi connectivity index (χ1v) is 13.4. The number of ether oxygens (including phenoxy) is 1. The van der Waals surface area contributed by atoms with Crippen LogP contribution in [0.25, 0.3) is 5.76 Å². The number of rotatable bonds is 3. The van der Waals surface area contributed by atoms with Crippen molar-refractivity contribution in [1.29, 1.82) is 5.41 Å². The van der Waals surface area contributed by atoms with Crippen LogP contribution in [-0.2, 0) is 33.8 Å². The van der Waals surface area contributed by atoms with Gasteiger partial charge in [0.25, 0.3) is 5.91 Å². The van der Waals surface area contributed by atoms with E-state index in [1.54, 1.807) is 14.1 Å². The predicted octanol–water partition coefficient (Wildman–Crippen LogP) is 0.803. The summed E-state index contributed by atoms with van der Waals surface area (Å²) in [7, 11) is 5.16. The number of nitrogens with one attached hydrogen (secondary N) is 1. The average Bonchev–Trinajstić information content (AvgIpc) is 3.54. The summed E-state index contributed by atoms with van der Waals surface area (Å²) in [5.41, 5.74) is 1.82. The number of aliphatic hydroxyl groups is 3. The number of quaternary nitrogens is 1. The van der Waals surface area contributed by atoms with Crippen LogP contribution in [0, 0.1) is 23.1 Å². The molecule has 1 aromatic carbocycles. The third kappa shape index (κ3) is 3.27. The van der Waals surface area contributed by atoms with Crippen LogP contribution in [0.15, 0.2) is 16.9 Å². The minimum atomic E-state index is -2.58. The number of aliphatic hydroxyl groups excluding tert-OH is 2. The Balaban J connectivity index is 1.50. The predicted molar refractivity (Wildman–Crippen MR) is 140 cm³/mol. The molecule has 6 atom stereocenters. The Morgan fingerprint density at radius 2 is 1.88 bits per heavy atom. The van der Waals surface area contributed by atoms with Crippen molar-refractivity contribution in [3.05, 3.63) is 45.0 Å². The fourth-order valence-electron chi connectivity index (χ4n) is 7.88. The molecule has 0 spiro atoms. The van der Waals surface area contributed by atoms with E-state index in [4.69, 9.17) is 15.9 Å². The Labute approximate surface area is 230 Å². The first kappa shape index (κ1) is 26.9. The first-order valence-electron chi connectivity index (χ1n) is 13.4. The zero-order chi connectivity index (χ0) is 29.0. The molecule has 1 saturated heterocycles. The minimum Gasteiger partial charge on any atom is -0.510 e. The Morgan fingerprint density at radius 1 is 1.20 bits per heavy atom. The fourth-order valence-corrected chi connectivity index (χ4v) is 7.88. The third-order valence-corrected chi connectivity index (χ3v) is 9.91. The zero-order valence-corrected chi connectivity index (χ0v) is 22.6. The number of halogens is 1. The Hall–Kier alpha value is -3.32. The summed E-state index contributed by atoms with van der Waals surface area (Å²) < 4.78 is 22.2. The Morgan fingerprint density at radius 3 is 2.48 bits per heavy atom.